The van der Waals surface area contributed by atoms with E-state index < -0.39 is 21.0 Å². The second kappa shape index (κ2) is 5.89. The summed E-state index contributed by atoms with van der Waals surface area (Å²) in [5, 5.41) is 8.76. The van der Waals surface area contributed by atoms with Crippen LogP contribution in [0.25, 0.3) is 0 Å². The summed E-state index contributed by atoms with van der Waals surface area (Å²) in [6.07, 6.45) is 2.62. The fraction of sp³-hybridized carbons (Fsp3) is 0.400. The molecule has 1 aromatic carbocycles. The third-order valence-corrected chi connectivity index (χ3v) is 4.75. The highest BCUT2D eigenvalue weighted by molar-refractivity contribution is 7.87. The molecule has 0 aromatic heterocycles. The van der Waals surface area contributed by atoms with E-state index in [-0.39, 0.29) is 5.76 Å². The minimum absolute atomic E-state index is 0.181. The van der Waals surface area contributed by atoms with Crippen molar-refractivity contribution >= 4 is 10.1 Å². The molecule has 4 nitrogen and oxygen atoms in total. The maximum atomic E-state index is 12.5. The van der Waals surface area contributed by atoms with E-state index in [4.69, 9.17) is 5.26 Å². The lowest BCUT2D eigenvalue weighted by molar-refractivity contribution is -0.0531. The Hall–Kier alpha value is -2.01. The van der Waals surface area contributed by atoms with Crippen molar-refractivity contribution in [3.05, 3.63) is 47.2 Å². The van der Waals surface area contributed by atoms with Crippen LogP contribution in [0.1, 0.15) is 30.9 Å². The Balaban J connectivity index is 2.20. The summed E-state index contributed by atoms with van der Waals surface area (Å²) in [4.78, 5) is 0. The lowest BCUT2D eigenvalue weighted by atomic mass is 9.82. The van der Waals surface area contributed by atoms with Crippen LogP contribution in [0.5, 0.6) is 0 Å². The van der Waals surface area contributed by atoms with E-state index in [0.29, 0.717) is 24.8 Å². The molecule has 1 unspecified atom stereocenters. The molecule has 0 amide bonds. The second-order valence-corrected chi connectivity index (χ2v) is 7.17. The van der Waals surface area contributed by atoms with Crippen molar-refractivity contribution in [2.45, 2.75) is 31.7 Å². The first-order valence-electron chi connectivity index (χ1n) is 6.78. The van der Waals surface area contributed by atoms with Crippen LogP contribution >= 0.6 is 0 Å². The predicted octanol–water partition coefficient (Wildman–Crippen LogP) is 3.65. The Kier molecular flexibility index (Phi) is 4.44. The van der Waals surface area contributed by atoms with Gasteiger partial charge in [0, 0.05) is 5.41 Å². The first-order chi connectivity index (χ1) is 10.6. The van der Waals surface area contributed by atoms with Gasteiger partial charge in [0.15, 0.2) is 0 Å². The first-order valence-corrected chi connectivity index (χ1v) is 8.19. The molecule has 0 spiro atoms. The van der Waals surface area contributed by atoms with Crippen molar-refractivity contribution in [1.29, 1.82) is 5.26 Å². The molecule has 0 saturated carbocycles. The van der Waals surface area contributed by atoms with Gasteiger partial charge in [-0.1, -0.05) is 19.1 Å². The van der Waals surface area contributed by atoms with Crippen molar-refractivity contribution in [3.63, 3.8) is 0 Å². The second-order valence-electron chi connectivity index (χ2n) is 5.64. The number of nitriles is 1. The number of rotatable bonds is 4. The molecule has 23 heavy (non-hydrogen) atoms. The molecule has 0 aliphatic heterocycles. The zero-order valence-electron chi connectivity index (χ0n) is 12.2. The normalized spacial score (nSPS) is 21.6. The Morgan fingerprint density at radius 2 is 1.91 bits per heavy atom. The van der Waals surface area contributed by atoms with Crippen LogP contribution in [0.2, 0.25) is 0 Å². The molecule has 124 valence electrons. The van der Waals surface area contributed by atoms with Crippen LogP contribution in [-0.2, 0) is 20.7 Å². The molecule has 2 rings (SSSR count). The van der Waals surface area contributed by atoms with Gasteiger partial charge in [-0.05, 0) is 43.0 Å². The highest BCUT2D eigenvalue weighted by atomic mass is 32.2. The molecule has 1 aliphatic rings. The van der Waals surface area contributed by atoms with E-state index in [2.05, 4.69) is 4.18 Å². The van der Waals surface area contributed by atoms with Crippen molar-refractivity contribution in [1.82, 2.24) is 0 Å². The number of halogens is 3. The first kappa shape index (κ1) is 17.3. The summed E-state index contributed by atoms with van der Waals surface area (Å²) in [5.74, 6) is -0.181. The Morgan fingerprint density at radius 3 is 2.43 bits per heavy atom. The quantitative estimate of drug-likeness (QED) is 0.617. The molecule has 1 atom stereocenters. The van der Waals surface area contributed by atoms with E-state index in [1.807, 2.05) is 6.07 Å². The van der Waals surface area contributed by atoms with Crippen molar-refractivity contribution in [2.75, 3.05) is 0 Å². The van der Waals surface area contributed by atoms with Crippen LogP contribution < -0.4 is 0 Å². The van der Waals surface area contributed by atoms with Crippen LogP contribution in [-0.4, -0.2) is 13.9 Å². The van der Waals surface area contributed by atoms with Gasteiger partial charge in [-0.25, -0.2) is 0 Å². The van der Waals surface area contributed by atoms with Crippen LogP contribution in [0.4, 0.5) is 13.2 Å². The maximum absolute atomic E-state index is 12.5. The number of benzene rings is 1. The van der Waals surface area contributed by atoms with Crippen LogP contribution in [0.3, 0.4) is 0 Å². The summed E-state index contributed by atoms with van der Waals surface area (Å²) in [6, 6.07) is 8.56. The number of alkyl halides is 3. The van der Waals surface area contributed by atoms with Gasteiger partial charge in [-0.15, -0.1) is 0 Å². The molecule has 1 aliphatic carbocycles. The van der Waals surface area contributed by atoms with Gasteiger partial charge in [0.25, 0.3) is 0 Å². The lowest BCUT2D eigenvalue weighted by Gasteiger charge is -2.27. The lowest BCUT2D eigenvalue weighted by Crippen LogP contribution is -2.29. The monoisotopic (exact) mass is 345 g/mol. The summed E-state index contributed by atoms with van der Waals surface area (Å²) < 4.78 is 64.2. The molecular formula is C15H14F3NO3S. The third kappa shape index (κ3) is 3.67. The molecule has 8 heteroatoms. The maximum Gasteiger partial charge on any atom is 0.534 e. The minimum Gasteiger partial charge on any atom is -0.380 e. The van der Waals surface area contributed by atoms with Crippen LogP contribution in [0.15, 0.2) is 36.1 Å². The zero-order chi connectivity index (χ0) is 17.3. The molecule has 0 bridgehead atoms. The Morgan fingerprint density at radius 1 is 1.30 bits per heavy atom. The van der Waals surface area contributed by atoms with E-state index in [9.17, 15) is 21.6 Å². The predicted molar refractivity (Wildman–Crippen MR) is 76.3 cm³/mol. The molecule has 0 radical (unpaired) electrons. The average molecular weight is 345 g/mol. The molecule has 0 N–H and O–H groups in total. The number of hydrogen-bond donors (Lipinski definition) is 0. The van der Waals surface area contributed by atoms with Crippen molar-refractivity contribution in [2.24, 2.45) is 5.41 Å². The van der Waals surface area contributed by atoms with Crippen molar-refractivity contribution < 1.29 is 25.8 Å². The summed E-state index contributed by atoms with van der Waals surface area (Å²) in [5.41, 5.74) is -5.04. The van der Waals surface area contributed by atoms with Gasteiger partial charge in [0.1, 0.15) is 5.76 Å². The molecule has 0 fully saturated rings. The summed E-state index contributed by atoms with van der Waals surface area (Å²) >= 11 is 0. The number of allylic oxidation sites excluding steroid dienone is 2. The highest BCUT2D eigenvalue weighted by Crippen LogP contribution is 2.44. The standard InChI is InChI=1S/C15H14F3NO3S/c1-14(9-11-4-6-12(10-19)7-5-11)8-2-3-13(14)22-23(20,21)15(16,17)18/h3-7H,2,8-9H2,1H3. The third-order valence-electron chi connectivity index (χ3n) is 3.78. The Bertz CT molecular complexity index is 761. The fourth-order valence-electron chi connectivity index (χ4n) is 2.51. The largest absolute Gasteiger partial charge is 0.534 e. The molecular weight excluding hydrogens is 331 g/mol. The summed E-state index contributed by atoms with van der Waals surface area (Å²) in [6.45, 7) is 1.66. The Labute approximate surface area is 132 Å². The SMILES string of the molecule is CC1(Cc2ccc(C#N)cc2)CCC=C1OS(=O)(=O)C(F)(F)F. The topological polar surface area (TPSA) is 67.2 Å². The smallest absolute Gasteiger partial charge is 0.380 e. The summed E-state index contributed by atoms with van der Waals surface area (Å²) in [7, 11) is -5.67. The molecule has 1 aromatic rings. The van der Waals surface area contributed by atoms with E-state index in [1.165, 1.54) is 6.08 Å². The average Bonchev–Trinajstić information content (AvgIpc) is 2.79. The van der Waals surface area contributed by atoms with Gasteiger partial charge < -0.3 is 4.18 Å². The van der Waals surface area contributed by atoms with Gasteiger partial charge >= 0.3 is 15.6 Å². The van der Waals surface area contributed by atoms with Gasteiger partial charge in [-0.2, -0.15) is 26.9 Å². The van der Waals surface area contributed by atoms with E-state index in [0.717, 1.165) is 5.56 Å². The van der Waals surface area contributed by atoms with Gasteiger partial charge in [0.2, 0.25) is 0 Å². The number of hydrogen-bond acceptors (Lipinski definition) is 4. The van der Waals surface area contributed by atoms with E-state index >= 15 is 0 Å². The number of nitrogens with zero attached hydrogens (tertiary/aromatic N) is 1. The fourth-order valence-corrected chi connectivity index (χ4v) is 3.11. The molecule has 0 saturated heterocycles. The van der Waals surface area contributed by atoms with Crippen molar-refractivity contribution in [3.8, 4) is 6.07 Å². The zero-order valence-corrected chi connectivity index (χ0v) is 13.0. The highest BCUT2D eigenvalue weighted by Gasteiger charge is 2.50. The van der Waals surface area contributed by atoms with Gasteiger partial charge in [-0.3, -0.25) is 0 Å². The van der Waals surface area contributed by atoms with Crippen LogP contribution in [0, 0.1) is 16.7 Å². The molecule has 0 heterocycles. The van der Waals surface area contributed by atoms with Gasteiger partial charge in [0.05, 0.1) is 11.6 Å². The van der Waals surface area contributed by atoms with E-state index in [1.54, 1.807) is 31.2 Å². The minimum atomic E-state index is -5.67.